The molecule has 178 valence electrons. The molecule has 4 fully saturated rings. The second-order valence-corrected chi connectivity index (χ2v) is 11.9. The minimum Gasteiger partial charge on any atom is -0.393 e. The summed E-state index contributed by atoms with van der Waals surface area (Å²) in [6.45, 7) is 7.77. The van der Waals surface area contributed by atoms with Gasteiger partial charge < -0.3 is 21.3 Å². The Morgan fingerprint density at radius 3 is 2.61 bits per heavy atom. The Bertz CT molecular complexity index is 642. The van der Waals surface area contributed by atoms with E-state index in [9.17, 15) is 15.0 Å². The van der Waals surface area contributed by atoms with Crippen LogP contribution in [0.3, 0.4) is 0 Å². The lowest BCUT2D eigenvalue weighted by Crippen LogP contribution is -2.50. The lowest BCUT2D eigenvalue weighted by atomic mass is 9.53. The second kappa shape index (κ2) is 9.21. The number of aliphatic hydroxyl groups excluding tert-OH is 2. The zero-order valence-corrected chi connectivity index (χ0v) is 19.9. The molecule has 4 aliphatic carbocycles. The number of primary amides is 1. The number of urea groups is 1. The Hall–Kier alpha value is -0.810. The third kappa shape index (κ3) is 4.26. The van der Waals surface area contributed by atoms with E-state index < -0.39 is 6.03 Å². The smallest absolute Gasteiger partial charge is 0.312 e. The van der Waals surface area contributed by atoms with Crippen LogP contribution in [-0.2, 0) is 0 Å². The molecule has 5 heteroatoms. The maximum Gasteiger partial charge on any atom is 0.312 e. The maximum absolute atomic E-state index is 11.8. The van der Waals surface area contributed by atoms with Gasteiger partial charge in [-0.1, -0.05) is 27.2 Å². The molecule has 2 amide bonds. The Balaban J connectivity index is 1.56. The average Bonchev–Trinajstić information content (AvgIpc) is 2.88. The van der Waals surface area contributed by atoms with Crippen molar-refractivity contribution < 1.29 is 15.0 Å². The van der Waals surface area contributed by atoms with Crippen molar-refractivity contribution >= 4 is 6.03 Å². The number of nitrogens with two attached hydrogens (primary N) is 1. The standard InChI is InChI=1S/C26H46N2O3/c1-4-19-17-13-16(5-6-18(29)14-17)20-9-11-26(3)21(15(2)10-12-28-25(27)31)7-8-22(26)23(20)24(19)30/h15-24,29-30H,4-14H2,1-3H3,(H3,27,28,31)/t15-,16-,17+,18-,19-,20-,21-,22+,23-,24-,26-/m1/s1. The van der Waals surface area contributed by atoms with Crippen molar-refractivity contribution in [1.29, 1.82) is 0 Å². The summed E-state index contributed by atoms with van der Waals surface area (Å²) >= 11 is 0. The fraction of sp³-hybridized carbons (Fsp3) is 0.962. The number of nitrogens with one attached hydrogen (secondary N) is 1. The monoisotopic (exact) mass is 434 g/mol. The summed E-state index contributed by atoms with van der Waals surface area (Å²) in [5.41, 5.74) is 5.55. The van der Waals surface area contributed by atoms with Crippen LogP contribution in [0.15, 0.2) is 0 Å². The normalized spacial score (nSPS) is 48.1. The van der Waals surface area contributed by atoms with Crippen molar-refractivity contribution in [3.05, 3.63) is 0 Å². The molecule has 0 saturated heterocycles. The maximum atomic E-state index is 11.8. The van der Waals surface area contributed by atoms with Crippen LogP contribution in [0.5, 0.6) is 0 Å². The summed E-state index contributed by atoms with van der Waals surface area (Å²) in [6, 6.07) is -0.428. The van der Waals surface area contributed by atoms with E-state index in [4.69, 9.17) is 5.73 Å². The molecule has 0 aromatic carbocycles. The SMILES string of the molecule is CC[C@@H]1[C@@H]2C[C@H](O)CC[C@H](C2)[C@H]2CC[C@]3(C)[C@@H]([C@H](C)CCNC(N)=O)CC[C@H]3[C@@H]2[C@@H]1O. The first-order valence-corrected chi connectivity index (χ1v) is 13.2. The Morgan fingerprint density at radius 2 is 1.90 bits per heavy atom. The molecular formula is C26H46N2O3. The number of hydrogen-bond acceptors (Lipinski definition) is 3. The van der Waals surface area contributed by atoms with Gasteiger partial charge in [0, 0.05) is 6.54 Å². The molecule has 5 N–H and O–H groups in total. The van der Waals surface area contributed by atoms with Crippen molar-refractivity contribution in [1.82, 2.24) is 5.32 Å². The predicted molar refractivity (Wildman–Crippen MR) is 123 cm³/mol. The van der Waals surface area contributed by atoms with Crippen LogP contribution < -0.4 is 11.1 Å². The summed E-state index contributed by atoms with van der Waals surface area (Å²) in [4.78, 5) is 11.1. The number of fused-ring (bicyclic) bond motifs is 6. The van der Waals surface area contributed by atoms with E-state index in [2.05, 4.69) is 26.1 Å². The second-order valence-electron chi connectivity index (χ2n) is 11.9. The van der Waals surface area contributed by atoms with Gasteiger partial charge in [0.25, 0.3) is 0 Å². The van der Waals surface area contributed by atoms with Crippen LogP contribution in [0.25, 0.3) is 0 Å². The highest BCUT2D eigenvalue weighted by molar-refractivity contribution is 5.71. The van der Waals surface area contributed by atoms with Crippen LogP contribution in [-0.4, -0.2) is 35.0 Å². The van der Waals surface area contributed by atoms with Crippen molar-refractivity contribution in [2.75, 3.05) is 6.54 Å². The first-order chi connectivity index (χ1) is 14.8. The zero-order chi connectivity index (χ0) is 22.3. The van der Waals surface area contributed by atoms with Crippen molar-refractivity contribution in [2.24, 2.45) is 58.5 Å². The Morgan fingerprint density at radius 1 is 1.13 bits per heavy atom. The van der Waals surface area contributed by atoms with E-state index in [-0.39, 0.29) is 12.2 Å². The molecule has 0 aromatic rings. The van der Waals surface area contributed by atoms with E-state index >= 15 is 0 Å². The van der Waals surface area contributed by atoms with E-state index in [1.165, 1.54) is 32.1 Å². The molecule has 0 aromatic heterocycles. The fourth-order valence-electron chi connectivity index (χ4n) is 9.22. The number of rotatable bonds is 5. The first-order valence-electron chi connectivity index (χ1n) is 13.2. The van der Waals surface area contributed by atoms with E-state index in [0.29, 0.717) is 59.3 Å². The highest BCUT2D eigenvalue weighted by Crippen LogP contribution is 2.65. The molecule has 0 spiro atoms. The van der Waals surface area contributed by atoms with Crippen LogP contribution in [0.1, 0.15) is 85.0 Å². The summed E-state index contributed by atoms with van der Waals surface area (Å²) < 4.78 is 0. The molecule has 0 heterocycles. The largest absolute Gasteiger partial charge is 0.393 e. The quantitative estimate of drug-likeness (QED) is 0.519. The fourth-order valence-corrected chi connectivity index (χ4v) is 9.22. The summed E-state index contributed by atoms with van der Waals surface area (Å²) in [7, 11) is 0. The topological polar surface area (TPSA) is 95.6 Å². The third-order valence-corrected chi connectivity index (χ3v) is 10.6. The van der Waals surface area contributed by atoms with Crippen LogP contribution >= 0.6 is 0 Å². The average molecular weight is 435 g/mol. The van der Waals surface area contributed by atoms with Gasteiger partial charge in [0.1, 0.15) is 0 Å². The molecule has 5 nitrogen and oxygen atoms in total. The highest BCUT2D eigenvalue weighted by atomic mass is 16.3. The van der Waals surface area contributed by atoms with Crippen LogP contribution in [0.2, 0.25) is 0 Å². The first kappa shape index (κ1) is 23.4. The minimum atomic E-state index is -0.428. The molecule has 4 rings (SSSR count). The number of carbonyl (C=O) groups is 1. The molecule has 0 aliphatic heterocycles. The predicted octanol–water partition coefficient (Wildman–Crippen LogP) is 4.31. The lowest BCUT2D eigenvalue weighted by molar-refractivity contribution is -0.0915. The van der Waals surface area contributed by atoms with E-state index in [1.54, 1.807) is 0 Å². The van der Waals surface area contributed by atoms with Gasteiger partial charge in [0.2, 0.25) is 0 Å². The molecule has 0 unspecified atom stereocenters. The Labute approximate surface area is 188 Å². The van der Waals surface area contributed by atoms with Gasteiger partial charge >= 0.3 is 6.03 Å². The molecule has 4 saturated carbocycles. The zero-order valence-electron chi connectivity index (χ0n) is 19.9. The highest BCUT2D eigenvalue weighted by Gasteiger charge is 2.59. The summed E-state index contributed by atoms with van der Waals surface area (Å²) in [5.74, 6) is 4.38. The van der Waals surface area contributed by atoms with Gasteiger partial charge in [-0.15, -0.1) is 0 Å². The van der Waals surface area contributed by atoms with Gasteiger partial charge in [-0.2, -0.15) is 0 Å². The van der Waals surface area contributed by atoms with Crippen molar-refractivity contribution in [3.8, 4) is 0 Å². The molecule has 11 atom stereocenters. The van der Waals surface area contributed by atoms with Crippen LogP contribution in [0, 0.1) is 52.8 Å². The molecular weight excluding hydrogens is 388 g/mol. The van der Waals surface area contributed by atoms with Crippen molar-refractivity contribution in [2.45, 2.75) is 97.2 Å². The molecule has 31 heavy (non-hydrogen) atoms. The van der Waals surface area contributed by atoms with Gasteiger partial charge in [0.05, 0.1) is 12.2 Å². The minimum absolute atomic E-state index is 0.174. The van der Waals surface area contributed by atoms with Gasteiger partial charge in [-0.3, -0.25) is 0 Å². The summed E-state index contributed by atoms with van der Waals surface area (Å²) in [5, 5.41) is 25.1. The van der Waals surface area contributed by atoms with Crippen molar-refractivity contribution in [3.63, 3.8) is 0 Å². The van der Waals surface area contributed by atoms with Gasteiger partial charge in [-0.25, -0.2) is 4.79 Å². The molecule has 0 radical (unpaired) electrons. The van der Waals surface area contributed by atoms with Crippen LogP contribution in [0.4, 0.5) is 4.79 Å². The Kier molecular flexibility index (Phi) is 6.94. The van der Waals surface area contributed by atoms with E-state index in [0.717, 1.165) is 32.1 Å². The van der Waals surface area contributed by atoms with Gasteiger partial charge in [0.15, 0.2) is 0 Å². The lowest BCUT2D eigenvalue weighted by Gasteiger charge is -2.53. The number of hydrogen-bond donors (Lipinski definition) is 4. The van der Waals surface area contributed by atoms with Gasteiger partial charge in [-0.05, 0) is 111 Å². The number of aliphatic hydroxyl groups is 2. The van der Waals surface area contributed by atoms with E-state index in [1.807, 2.05) is 0 Å². The number of carbonyl (C=O) groups excluding carboxylic acids is 1. The third-order valence-electron chi connectivity index (χ3n) is 10.6. The molecule has 2 bridgehead atoms. The number of amides is 2. The molecule has 4 aliphatic rings. The summed E-state index contributed by atoms with van der Waals surface area (Å²) in [6.07, 6.45) is 10.8.